The topological polar surface area (TPSA) is 95.9 Å². The van der Waals surface area contributed by atoms with Gasteiger partial charge in [-0.15, -0.1) is 0 Å². The number of nitrogens with one attached hydrogen (secondary N) is 1. The van der Waals surface area contributed by atoms with Crippen LogP contribution < -0.4 is 10.2 Å². The lowest BCUT2D eigenvalue weighted by Gasteiger charge is -2.24. The van der Waals surface area contributed by atoms with E-state index >= 15 is 0 Å². The minimum atomic E-state index is -1.16. The Kier molecular flexibility index (Phi) is 7.92. The number of carbonyl (C=O) groups excluding carboxylic acids is 2. The highest BCUT2D eigenvalue weighted by Gasteiger charge is 2.30. The summed E-state index contributed by atoms with van der Waals surface area (Å²) in [4.78, 5) is 37.2. The number of anilines is 1. The van der Waals surface area contributed by atoms with E-state index < -0.39 is 11.9 Å². The van der Waals surface area contributed by atoms with Crippen molar-refractivity contribution in [1.82, 2.24) is 5.32 Å². The lowest BCUT2D eigenvalue weighted by molar-refractivity contribution is -0.121. The van der Waals surface area contributed by atoms with Crippen molar-refractivity contribution in [3.8, 4) is 0 Å². The maximum absolute atomic E-state index is 12.2. The third kappa shape index (κ3) is 4.25. The fourth-order valence-electron chi connectivity index (χ4n) is 1.80. The van der Waals surface area contributed by atoms with Crippen LogP contribution in [-0.2, 0) is 9.53 Å². The van der Waals surface area contributed by atoms with Crippen molar-refractivity contribution in [2.45, 2.75) is 0 Å². The number of carboxylic acids is 1. The van der Waals surface area contributed by atoms with Gasteiger partial charge in [-0.1, -0.05) is 0 Å². The number of nitrogens with zero attached hydrogens (tertiary/aromatic N) is 1. The largest absolute Gasteiger partial charge is 0.478 e. The molecule has 0 aliphatic rings. The maximum atomic E-state index is 12.2. The van der Waals surface area contributed by atoms with Gasteiger partial charge < -0.3 is 20.1 Å². The number of halogens is 3. The van der Waals surface area contributed by atoms with E-state index in [9.17, 15) is 19.5 Å². The molecule has 126 valence electrons. The van der Waals surface area contributed by atoms with Gasteiger partial charge in [-0.05, 0) is 67.8 Å². The Morgan fingerprint density at radius 3 is 2.09 bits per heavy atom. The summed E-state index contributed by atoms with van der Waals surface area (Å²) in [6.07, 6.45) is 0. The predicted molar refractivity (Wildman–Crippen MR) is 110 cm³/mol. The average molecular weight is 658 g/mol. The van der Waals surface area contributed by atoms with E-state index in [4.69, 9.17) is 4.74 Å². The molecule has 0 atom stereocenters. The molecule has 1 aromatic rings. The molecule has 23 heavy (non-hydrogen) atoms. The van der Waals surface area contributed by atoms with E-state index in [0.29, 0.717) is 16.4 Å². The van der Waals surface area contributed by atoms with E-state index in [0.717, 1.165) is 0 Å². The lowest BCUT2D eigenvalue weighted by Crippen LogP contribution is -2.33. The van der Waals surface area contributed by atoms with Crippen LogP contribution in [0.1, 0.15) is 20.7 Å². The van der Waals surface area contributed by atoms with Gasteiger partial charge in [0.05, 0.1) is 24.0 Å². The number of benzene rings is 1. The summed E-state index contributed by atoms with van der Waals surface area (Å²) in [5, 5.41) is 12.0. The number of hydrogen-bond acceptors (Lipinski definition) is 4. The van der Waals surface area contributed by atoms with Crippen LogP contribution in [0.5, 0.6) is 0 Å². The average Bonchev–Trinajstić information content (AvgIpc) is 2.46. The second-order valence-electron chi connectivity index (χ2n) is 4.31. The number of carboxylic acid groups (broad SMARTS) is 1. The van der Waals surface area contributed by atoms with Crippen LogP contribution in [0.3, 0.4) is 0 Å². The van der Waals surface area contributed by atoms with Crippen LogP contribution in [0.2, 0.25) is 0 Å². The molecule has 7 nitrogen and oxygen atoms in total. The molecular weight excluding hydrogens is 645 g/mol. The molecule has 0 heterocycles. The van der Waals surface area contributed by atoms with Crippen molar-refractivity contribution in [2.24, 2.45) is 0 Å². The third-order valence-electron chi connectivity index (χ3n) is 2.94. The number of methoxy groups -OCH3 is 1. The molecule has 10 heteroatoms. The first-order valence-electron chi connectivity index (χ1n) is 6.10. The van der Waals surface area contributed by atoms with Gasteiger partial charge >= 0.3 is 5.97 Å². The normalized spacial score (nSPS) is 10.3. The SMILES string of the molecule is CNC(=O)c1c(I)c(C(=O)O)c(I)c(N(C)C(=O)COC)c1I. The van der Waals surface area contributed by atoms with E-state index in [1.165, 1.54) is 26.1 Å². The Morgan fingerprint density at radius 2 is 1.65 bits per heavy atom. The van der Waals surface area contributed by atoms with Crippen LogP contribution in [0, 0.1) is 10.7 Å². The molecule has 0 saturated heterocycles. The standard InChI is InChI=1S/C13H13I3N2O5/c1-17-12(20)6-8(14)7(13(21)22)10(16)11(9(6)15)18(2)5(19)4-23-3/h4H2,1-3H3,(H,17,20)(H,21,22). The Bertz CT molecular complexity index is 678. The molecule has 0 aliphatic heterocycles. The number of rotatable bonds is 5. The molecule has 0 saturated carbocycles. The summed E-state index contributed by atoms with van der Waals surface area (Å²) >= 11 is 5.67. The highest BCUT2D eigenvalue weighted by Crippen LogP contribution is 2.37. The highest BCUT2D eigenvalue weighted by atomic mass is 127. The molecule has 0 spiro atoms. The molecule has 0 fully saturated rings. The number of ether oxygens (including phenoxy) is 1. The fraction of sp³-hybridized carbons (Fsp3) is 0.308. The first kappa shape index (κ1) is 20.8. The molecule has 1 rings (SSSR count). The van der Waals surface area contributed by atoms with Gasteiger partial charge in [-0.3, -0.25) is 9.59 Å². The summed E-state index contributed by atoms with van der Waals surface area (Å²) in [6.45, 7) is -0.146. The molecule has 0 unspecified atom stereocenters. The maximum Gasteiger partial charge on any atom is 0.337 e. The highest BCUT2D eigenvalue weighted by molar-refractivity contribution is 14.1. The Hall–Kier alpha value is -0.220. The molecular formula is C13H13I3N2O5. The first-order chi connectivity index (χ1) is 10.7. The van der Waals surface area contributed by atoms with Gasteiger partial charge in [0.1, 0.15) is 6.61 Å². The molecule has 0 aromatic heterocycles. The first-order valence-corrected chi connectivity index (χ1v) is 9.33. The van der Waals surface area contributed by atoms with Crippen molar-refractivity contribution >= 4 is 91.2 Å². The van der Waals surface area contributed by atoms with E-state index in [1.54, 1.807) is 0 Å². The lowest BCUT2D eigenvalue weighted by atomic mass is 10.1. The number of aromatic carboxylic acids is 1. The summed E-state index contributed by atoms with van der Waals surface area (Å²) in [5.41, 5.74) is 0.612. The number of amides is 2. The second-order valence-corrected chi connectivity index (χ2v) is 7.55. The van der Waals surface area contributed by atoms with Crippen LogP contribution in [0.25, 0.3) is 0 Å². The minimum absolute atomic E-state index is 0.00252. The zero-order chi connectivity index (χ0) is 17.9. The van der Waals surface area contributed by atoms with Gasteiger partial charge in [0.15, 0.2) is 0 Å². The number of carbonyl (C=O) groups is 3. The van der Waals surface area contributed by atoms with E-state index in [-0.39, 0.29) is 23.6 Å². The van der Waals surface area contributed by atoms with Crippen molar-refractivity contribution in [2.75, 3.05) is 32.7 Å². The summed E-state index contributed by atoms with van der Waals surface area (Å²) in [6, 6.07) is 0. The summed E-state index contributed by atoms with van der Waals surface area (Å²) in [7, 11) is 4.38. The monoisotopic (exact) mass is 658 g/mol. The zero-order valence-corrected chi connectivity index (χ0v) is 18.8. The van der Waals surface area contributed by atoms with Crippen LogP contribution >= 0.6 is 67.8 Å². The molecule has 0 radical (unpaired) electrons. The van der Waals surface area contributed by atoms with Crippen molar-refractivity contribution in [3.63, 3.8) is 0 Å². The molecule has 1 aromatic carbocycles. The van der Waals surface area contributed by atoms with Crippen molar-refractivity contribution < 1.29 is 24.2 Å². The smallest absolute Gasteiger partial charge is 0.337 e. The molecule has 2 amide bonds. The van der Waals surface area contributed by atoms with Gasteiger partial charge in [0.2, 0.25) is 0 Å². The van der Waals surface area contributed by atoms with Gasteiger partial charge in [0.25, 0.3) is 11.8 Å². The van der Waals surface area contributed by atoms with E-state index in [2.05, 4.69) is 5.32 Å². The quantitative estimate of drug-likeness (QED) is 0.474. The summed E-state index contributed by atoms with van der Waals surface area (Å²) < 4.78 is 6.07. The molecule has 2 N–H and O–H groups in total. The predicted octanol–water partition coefficient (Wildman–Crippen LogP) is 2.17. The zero-order valence-electron chi connectivity index (χ0n) is 12.4. The van der Waals surface area contributed by atoms with Crippen molar-refractivity contribution in [1.29, 1.82) is 0 Å². The fourth-order valence-corrected chi connectivity index (χ4v) is 6.64. The van der Waals surface area contributed by atoms with Gasteiger partial charge in [-0.2, -0.15) is 0 Å². The molecule has 0 bridgehead atoms. The molecule has 0 aliphatic carbocycles. The van der Waals surface area contributed by atoms with Crippen molar-refractivity contribution in [3.05, 3.63) is 21.8 Å². The second kappa shape index (κ2) is 8.75. The Balaban J connectivity index is 3.76. The third-order valence-corrected chi connectivity index (χ3v) is 6.12. The van der Waals surface area contributed by atoms with Crippen LogP contribution in [-0.4, -0.2) is 50.7 Å². The Labute approximate surface area is 173 Å². The Morgan fingerprint density at radius 1 is 1.13 bits per heavy atom. The van der Waals surface area contributed by atoms with E-state index in [1.807, 2.05) is 67.8 Å². The number of likely N-dealkylation sites (N-methyl/N-ethyl adjacent to an activating group) is 1. The van der Waals surface area contributed by atoms with Crippen LogP contribution in [0.4, 0.5) is 5.69 Å². The summed E-state index contributed by atoms with van der Waals surface area (Å²) in [5.74, 6) is -1.91. The number of hydrogen-bond donors (Lipinski definition) is 2. The van der Waals surface area contributed by atoms with Gasteiger partial charge in [-0.25, -0.2) is 4.79 Å². The minimum Gasteiger partial charge on any atom is -0.478 e. The van der Waals surface area contributed by atoms with Gasteiger partial charge in [0, 0.05) is 24.8 Å². The van der Waals surface area contributed by atoms with Crippen LogP contribution in [0.15, 0.2) is 0 Å².